The minimum absolute atomic E-state index is 0.145. The summed E-state index contributed by atoms with van der Waals surface area (Å²) in [6.07, 6.45) is 4.01. The van der Waals surface area contributed by atoms with E-state index in [0.29, 0.717) is 12.8 Å². The number of ether oxygens (including phenoxy) is 1. The minimum atomic E-state index is -0.145. The first-order chi connectivity index (χ1) is 9.10. The SMILES string of the molecule is COC(=O)CCCCCn1c(C)c(CCO)sc1=S. The summed E-state index contributed by atoms with van der Waals surface area (Å²) in [5.74, 6) is -0.145. The molecule has 1 rings (SSSR count). The van der Waals surface area contributed by atoms with Gasteiger partial charge in [0.15, 0.2) is 3.95 Å². The number of rotatable bonds is 8. The van der Waals surface area contributed by atoms with Gasteiger partial charge in [0.05, 0.1) is 7.11 Å². The number of aliphatic hydroxyl groups excluding tert-OH is 1. The van der Waals surface area contributed by atoms with Crippen LogP contribution in [-0.2, 0) is 22.5 Å². The van der Waals surface area contributed by atoms with Crippen LogP contribution in [0.2, 0.25) is 0 Å². The summed E-state index contributed by atoms with van der Waals surface area (Å²) < 4.78 is 7.60. The van der Waals surface area contributed by atoms with E-state index in [4.69, 9.17) is 17.3 Å². The number of esters is 1. The number of carbonyl (C=O) groups excluding carboxylic acids is 1. The van der Waals surface area contributed by atoms with Crippen molar-refractivity contribution < 1.29 is 14.6 Å². The number of hydrogen-bond donors (Lipinski definition) is 1. The van der Waals surface area contributed by atoms with Crippen LogP contribution in [0.5, 0.6) is 0 Å². The highest BCUT2D eigenvalue weighted by Crippen LogP contribution is 2.20. The number of nitrogens with zero attached hydrogens (tertiary/aromatic N) is 1. The lowest BCUT2D eigenvalue weighted by Crippen LogP contribution is -2.03. The normalized spacial score (nSPS) is 10.7. The molecule has 0 amide bonds. The van der Waals surface area contributed by atoms with E-state index in [9.17, 15) is 4.79 Å². The number of carbonyl (C=O) groups is 1. The topological polar surface area (TPSA) is 51.5 Å². The van der Waals surface area contributed by atoms with Crippen molar-refractivity contribution in [3.8, 4) is 0 Å². The van der Waals surface area contributed by atoms with Crippen LogP contribution >= 0.6 is 23.6 Å². The van der Waals surface area contributed by atoms with E-state index in [1.165, 1.54) is 12.0 Å². The first-order valence-electron chi connectivity index (χ1n) is 6.47. The molecule has 0 aromatic carbocycles. The Balaban J connectivity index is 2.41. The molecule has 1 aromatic rings. The molecule has 1 aromatic heterocycles. The predicted octanol–water partition coefficient (Wildman–Crippen LogP) is 2.86. The van der Waals surface area contributed by atoms with Gasteiger partial charge >= 0.3 is 5.97 Å². The third-order valence-corrected chi connectivity index (χ3v) is 4.68. The highest BCUT2D eigenvalue weighted by Gasteiger charge is 2.08. The molecule has 0 atom stereocenters. The van der Waals surface area contributed by atoms with Gasteiger partial charge in [0, 0.05) is 36.6 Å². The van der Waals surface area contributed by atoms with Gasteiger partial charge < -0.3 is 14.4 Å². The maximum Gasteiger partial charge on any atom is 0.305 e. The molecular weight excluding hydrogens is 282 g/mol. The number of thiazole rings is 1. The van der Waals surface area contributed by atoms with Crippen LogP contribution in [0.25, 0.3) is 0 Å². The summed E-state index contributed by atoms with van der Waals surface area (Å²) >= 11 is 6.92. The molecular formula is C13H21NO3S2. The molecule has 6 heteroatoms. The Hall–Kier alpha value is -0.720. The molecule has 1 N–H and O–H groups in total. The molecule has 0 saturated carbocycles. The van der Waals surface area contributed by atoms with Crippen molar-refractivity contribution in [2.75, 3.05) is 13.7 Å². The molecule has 0 aliphatic rings. The van der Waals surface area contributed by atoms with E-state index in [0.717, 1.165) is 35.5 Å². The first kappa shape index (κ1) is 16.3. The van der Waals surface area contributed by atoms with E-state index in [1.54, 1.807) is 11.3 Å². The van der Waals surface area contributed by atoms with Crippen molar-refractivity contribution in [1.29, 1.82) is 0 Å². The van der Waals surface area contributed by atoms with Gasteiger partial charge in [-0.25, -0.2) is 0 Å². The molecule has 1 heterocycles. The Morgan fingerprint density at radius 3 is 2.79 bits per heavy atom. The van der Waals surface area contributed by atoms with Gasteiger partial charge in [0.25, 0.3) is 0 Å². The molecule has 0 spiro atoms. The molecule has 0 bridgehead atoms. The van der Waals surface area contributed by atoms with Gasteiger partial charge in [-0.05, 0) is 32.0 Å². The predicted molar refractivity (Wildman–Crippen MR) is 79.2 cm³/mol. The second-order valence-corrected chi connectivity index (χ2v) is 6.12. The zero-order chi connectivity index (χ0) is 14.3. The van der Waals surface area contributed by atoms with Crippen molar-refractivity contribution in [2.45, 2.75) is 45.6 Å². The minimum Gasteiger partial charge on any atom is -0.469 e. The fourth-order valence-corrected chi connectivity index (χ4v) is 3.46. The molecule has 0 radical (unpaired) electrons. The van der Waals surface area contributed by atoms with E-state index in [2.05, 4.69) is 9.30 Å². The zero-order valence-corrected chi connectivity index (χ0v) is 13.1. The van der Waals surface area contributed by atoms with Crippen LogP contribution in [0.3, 0.4) is 0 Å². The molecule has 0 aliphatic heterocycles. The van der Waals surface area contributed by atoms with Crippen LogP contribution in [0, 0.1) is 10.9 Å². The Bertz CT molecular complexity index is 465. The van der Waals surface area contributed by atoms with Gasteiger partial charge in [-0.1, -0.05) is 6.42 Å². The van der Waals surface area contributed by atoms with Crippen molar-refractivity contribution in [3.63, 3.8) is 0 Å². The first-order valence-corrected chi connectivity index (χ1v) is 7.69. The molecule has 4 nitrogen and oxygen atoms in total. The zero-order valence-electron chi connectivity index (χ0n) is 11.5. The Kier molecular flexibility index (Phi) is 7.27. The van der Waals surface area contributed by atoms with Crippen LogP contribution in [-0.4, -0.2) is 29.4 Å². The van der Waals surface area contributed by atoms with Crippen molar-refractivity contribution in [1.82, 2.24) is 4.57 Å². The van der Waals surface area contributed by atoms with Gasteiger partial charge in [-0.3, -0.25) is 4.79 Å². The number of methoxy groups -OCH3 is 1. The summed E-state index contributed by atoms with van der Waals surface area (Å²) in [5.41, 5.74) is 1.16. The third-order valence-electron chi connectivity index (χ3n) is 3.07. The van der Waals surface area contributed by atoms with Crippen molar-refractivity contribution in [3.05, 3.63) is 14.5 Å². The quantitative estimate of drug-likeness (QED) is 0.456. The standard InChI is InChI=1S/C13H21NO3S2/c1-10-11(7-9-15)19-13(18)14(10)8-5-3-4-6-12(16)17-2/h15H,3-9H2,1-2H3. The summed E-state index contributed by atoms with van der Waals surface area (Å²) in [7, 11) is 1.42. The number of aliphatic hydroxyl groups is 1. The van der Waals surface area contributed by atoms with E-state index < -0.39 is 0 Å². The fourth-order valence-electron chi connectivity index (χ4n) is 1.93. The second-order valence-electron chi connectivity index (χ2n) is 4.39. The van der Waals surface area contributed by atoms with Gasteiger partial charge in [-0.2, -0.15) is 0 Å². The largest absolute Gasteiger partial charge is 0.469 e. The van der Waals surface area contributed by atoms with Crippen molar-refractivity contribution in [2.24, 2.45) is 0 Å². The third kappa shape index (κ3) is 5.04. The number of unbranched alkanes of at least 4 members (excludes halogenated alkanes) is 2. The van der Waals surface area contributed by atoms with Crippen molar-refractivity contribution >= 4 is 29.5 Å². The van der Waals surface area contributed by atoms with Gasteiger partial charge in [0.2, 0.25) is 0 Å². The average molecular weight is 303 g/mol. The van der Waals surface area contributed by atoms with Gasteiger partial charge in [-0.15, -0.1) is 11.3 Å². The number of aromatic nitrogens is 1. The highest BCUT2D eigenvalue weighted by molar-refractivity contribution is 7.73. The van der Waals surface area contributed by atoms with E-state index in [1.807, 2.05) is 6.92 Å². The molecule has 0 saturated heterocycles. The summed E-state index contributed by atoms with van der Waals surface area (Å²) in [4.78, 5) is 12.1. The molecule has 0 unspecified atom stereocenters. The van der Waals surface area contributed by atoms with Crippen LogP contribution < -0.4 is 0 Å². The summed E-state index contributed by atoms with van der Waals surface area (Å²) in [6, 6.07) is 0. The Morgan fingerprint density at radius 1 is 1.42 bits per heavy atom. The molecule has 19 heavy (non-hydrogen) atoms. The summed E-state index contributed by atoms with van der Waals surface area (Å²) in [5, 5.41) is 8.99. The second kappa shape index (κ2) is 8.45. The smallest absolute Gasteiger partial charge is 0.305 e. The number of hydrogen-bond acceptors (Lipinski definition) is 5. The maximum absolute atomic E-state index is 11.0. The average Bonchev–Trinajstić information content (AvgIpc) is 2.65. The summed E-state index contributed by atoms with van der Waals surface area (Å²) in [6.45, 7) is 3.09. The van der Waals surface area contributed by atoms with Gasteiger partial charge in [0.1, 0.15) is 0 Å². The lowest BCUT2D eigenvalue weighted by Gasteiger charge is -2.06. The molecule has 108 valence electrons. The van der Waals surface area contributed by atoms with E-state index >= 15 is 0 Å². The fraction of sp³-hybridized carbons (Fsp3) is 0.692. The van der Waals surface area contributed by atoms with Crippen LogP contribution in [0.1, 0.15) is 36.3 Å². The Labute approximate surface area is 123 Å². The Morgan fingerprint density at radius 2 is 2.16 bits per heavy atom. The lowest BCUT2D eigenvalue weighted by atomic mass is 10.2. The maximum atomic E-state index is 11.0. The highest BCUT2D eigenvalue weighted by atomic mass is 32.1. The molecule has 0 aliphatic carbocycles. The van der Waals surface area contributed by atoms with Crippen LogP contribution in [0.4, 0.5) is 0 Å². The van der Waals surface area contributed by atoms with Crippen LogP contribution in [0.15, 0.2) is 0 Å². The van der Waals surface area contributed by atoms with E-state index in [-0.39, 0.29) is 12.6 Å². The molecule has 0 fully saturated rings. The lowest BCUT2D eigenvalue weighted by molar-refractivity contribution is -0.140. The monoisotopic (exact) mass is 303 g/mol.